The van der Waals surface area contributed by atoms with Crippen molar-refractivity contribution in [3.8, 4) is 11.5 Å². The quantitative estimate of drug-likeness (QED) is 0.815. The Labute approximate surface area is 161 Å². The molecule has 1 unspecified atom stereocenters. The fraction of sp³-hybridized carbons (Fsp3) is 0.250. The maximum Gasteiger partial charge on any atom is 0.337 e. The first-order valence-corrected chi connectivity index (χ1v) is 8.74. The number of hydrogen-bond donors (Lipinski definition) is 1. The van der Waals surface area contributed by atoms with Crippen molar-refractivity contribution in [1.82, 2.24) is 0 Å². The summed E-state index contributed by atoms with van der Waals surface area (Å²) in [6, 6.07) is 11.7. The molecule has 1 N–H and O–H groups in total. The molecule has 2 aromatic carbocycles. The van der Waals surface area contributed by atoms with Crippen LogP contribution in [0.5, 0.6) is 11.5 Å². The average Bonchev–Trinajstić information content (AvgIpc) is 3.33. The summed E-state index contributed by atoms with van der Waals surface area (Å²) in [7, 11) is 1.31. The van der Waals surface area contributed by atoms with E-state index >= 15 is 0 Å². The Balaban J connectivity index is 1.42. The van der Waals surface area contributed by atoms with Gasteiger partial charge < -0.3 is 24.4 Å². The van der Waals surface area contributed by atoms with Crippen LogP contribution in [0.15, 0.2) is 42.5 Å². The van der Waals surface area contributed by atoms with Gasteiger partial charge in [-0.1, -0.05) is 0 Å². The average molecular weight is 382 g/mol. The van der Waals surface area contributed by atoms with E-state index in [4.69, 9.17) is 9.47 Å². The van der Waals surface area contributed by atoms with Crippen LogP contribution >= 0.6 is 0 Å². The fourth-order valence-corrected chi connectivity index (χ4v) is 3.25. The number of benzene rings is 2. The summed E-state index contributed by atoms with van der Waals surface area (Å²) in [5, 5.41) is 2.82. The molecule has 1 fully saturated rings. The van der Waals surface area contributed by atoms with Crippen LogP contribution in [0.3, 0.4) is 0 Å². The highest BCUT2D eigenvalue weighted by molar-refractivity contribution is 6.03. The summed E-state index contributed by atoms with van der Waals surface area (Å²) in [6.07, 6.45) is 0.120. The van der Waals surface area contributed by atoms with Crippen molar-refractivity contribution in [2.75, 3.05) is 30.7 Å². The van der Waals surface area contributed by atoms with Crippen molar-refractivity contribution >= 4 is 29.2 Å². The number of anilines is 2. The minimum Gasteiger partial charge on any atom is -0.465 e. The maximum absolute atomic E-state index is 12.6. The molecule has 8 nitrogen and oxygen atoms in total. The minimum absolute atomic E-state index is 0.120. The molecule has 144 valence electrons. The van der Waals surface area contributed by atoms with Crippen LogP contribution in [0.2, 0.25) is 0 Å². The van der Waals surface area contributed by atoms with E-state index in [1.165, 1.54) is 7.11 Å². The smallest absolute Gasteiger partial charge is 0.337 e. The number of fused-ring (bicyclic) bond motifs is 1. The fourth-order valence-electron chi connectivity index (χ4n) is 3.25. The Hall–Kier alpha value is -3.55. The largest absolute Gasteiger partial charge is 0.465 e. The first-order valence-electron chi connectivity index (χ1n) is 8.74. The number of nitrogens with zero attached hydrogens (tertiary/aromatic N) is 1. The molecule has 0 aromatic heterocycles. The van der Waals surface area contributed by atoms with Crippen molar-refractivity contribution in [2.24, 2.45) is 5.92 Å². The van der Waals surface area contributed by atoms with Gasteiger partial charge in [0.05, 0.1) is 18.6 Å². The van der Waals surface area contributed by atoms with E-state index < -0.39 is 11.9 Å². The molecule has 0 radical (unpaired) electrons. The Morgan fingerprint density at radius 2 is 1.86 bits per heavy atom. The zero-order valence-electron chi connectivity index (χ0n) is 15.1. The topological polar surface area (TPSA) is 94.2 Å². The second-order valence-electron chi connectivity index (χ2n) is 6.50. The van der Waals surface area contributed by atoms with E-state index in [2.05, 4.69) is 10.1 Å². The van der Waals surface area contributed by atoms with Crippen LogP contribution in [0, 0.1) is 5.92 Å². The lowest BCUT2D eigenvalue weighted by molar-refractivity contribution is -0.122. The minimum atomic E-state index is -0.474. The van der Waals surface area contributed by atoms with E-state index in [1.54, 1.807) is 47.4 Å². The van der Waals surface area contributed by atoms with Gasteiger partial charge >= 0.3 is 5.97 Å². The zero-order valence-corrected chi connectivity index (χ0v) is 15.1. The molecular formula is C20H18N2O6. The standard InChI is InChI=1S/C20H18N2O6/c1-26-20(25)12-2-5-15(6-3-12)22-10-13(8-18(22)23)19(24)21-14-4-7-16-17(9-14)28-11-27-16/h2-7,9,13H,8,10-11H2,1H3,(H,21,24). The van der Waals surface area contributed by atoms with Crippen molar-refractivity contribution in [1.29, 1.82) is 0 Å². The monoisotopic (exact) mass is 382 g/mol. The van der Waals surface area contributed by atoms with Gasteiger partial charge in [-0.05, 0) is 36.4 Å². The van der Waals surface area contributed by atoms with Gasteiger partial charge in [0.25, 0.3) is 0 Å². The summed E-state index contributed by atoms with van der Waals surface area (Å²) < 4.78 is 15.2. The molecule has 0 bridgehead atoms. The van der Waals surface area contributed by atoms with Gasteiger partial charge in [-0.25, -0.2) is 4.79 Å². The molecular weight excluding hydrogens is 364 g/mol. The van der Waals surface area contributed by atoms with Crippen LogP contribution < -0.4 is 19.7 Å². The normalized spacial score (nSPS) is 17.5. The molecule has 28 heavy (non-hydrogen) atoms. The van der Waals surface area contributed by atoms with Crippen LogP contribution in [0.25, 0.3) is 0 Å². The number of carbonyl (C=O) groups is 3. The van der Waals surface area contributed by atoms with E-state index in [1.807, 2.05) is 0 Å². The molecule has 8 heteroatoms. The lowest BCUT2D eigenvalue weighted by atomic mass is 10.1. The lowest BCUT2D eigenvalue weighted by Gasteiger charge is -2.17. The Kier molecular flexibility index (Phi) is 4.60. The highest BCUT2D eigenvalue weighted by atomic mass is 16.7. The predicted octanol–water partition coefficient (Wildman–Crippen LogP) is 2.19. The van der Waals surface area contributed by atoms with Gasteiger partial charge in [-0.3, -0.25) is 9.59 Å². The lowest BCUT2D eigenvalue weighted by Crippen LogP contribution is -2.28. The van der Waals surface area contributed by atoms with Crippen molar-refractivity contribution in [3.05, 3.63) is 48.0 Å². The van der Waals surface area contributed by atoms with E-state index in [9.17, 15) is 14.4 Å². The third-order valence-electron chi connectivity index (χ3n) is 4.74. The number of esters is 1. The van der Waals surface area contributed by atoms with Gasteiger partial charge in [-0.2, -0.15) is 0 Å². The third-order valence-corrected chi connectivity index (χ3v) is 4.74. The summed E-state index contributed by atoms with van der Waals surface area (Å²) in [5.74, 6) is -0.0840. The van der Waals surface area contributed by atoms with Gasteiger partial charge in [0.2, 0.25) is 18.6 Å². The highest BCUT2D eigenvalue weighted by Gasteiger charge is 2.35. The number of ether oxygens (including phenoxy) is 3. The van der Waals surface area contributed by atoms with Crippen molar-refractivity contribution in [3.63, 3.8) is 0 Å². The number of rotatable bonds is 4. The van der Waals surface area contributed by atoms with Gasteiger partial charge in [0.15, 0.2) is 11.5 Å². The number of carbonyl (C=O) groups excluding carboxylic acids is 3. The molecule has 2 aliphatic rings. The second-order valence-corrected chi connectivity index (χ2v) is 6.50. The molecule has 2 amide bonds. The summed E-state index contributed by atoms with van der Waals surface area (Å²) in [6.45, 7) is 0.431. The van der Waals surface area contributed by atoms with E-state index in [0.717, 1.165) is 0 Å². The first-order chi connectivity index (χ1) is 13.5. The van der Waals surface area contributed by atoms with Crippen molar-refractivity contribution in [2.45, 2.75) is 6.42 Å². The van der Waals surface area contributed by atoms with Crippen LogP contribution in [0.4, 0.5) is 11.4 Å². The molecule has 4 rings (SSSR count). The highest BCUT2D eigenvalue weighted by Crippen LogP contribution is 2.34. The Bertz CT molecular complexity index is 940. The number of methoxy groups -OCH3 is 1. The number of nitrogens with one attached hydrogen (secondary N) is 1. The number of hydrogen-bond acceptors (Lipinski definition) is 6. The predicted molar refractivity (Wildman–Crippen MR) is 99.4 cm³/mol. The molecule has 1 atom stereocenters. The molecule has 2 aliphatic heterocycles. The SMILES string of the molecule is COC(=O)c1ccc(N2CC(C(=O)Nc3ccc4c(c3)OCO4)CC2=O)cc1. The number of amides is 2. The van der Waals surface area contributed by atoms with Crippen LogP contribution in [-0.2, 0) is 14.3 Å². The molecule has 2 aromatic rings. The summed E-state index contributed by atoms with van der Waals surface area (Å²) >= 11 is 0. The molecule has 0 saturated carbocycles. The second kappa shape index (κ2) is 7.22. The van der Waals surface area contributed by atoms with Crippen molar-refractivity contribution < 1.29 is 28.6 Å². The zero-order chi connectivity index (χ0) is 19.7. The summed E-state index contributed by atoms with van der Waals surface area (Å²) in [4.78, 5) is 38.1. The Morgan fingerprint density at radius 1 is 1.11 bits per heavy atom. The van der Waals surface area contributed by atoms with Gasteiger partial charge in [-0.15, -0.1) is 0 Å². The molecule has 1 saturated heterocycles. The van der Waals surface area contributed by atoms with Gasteiger partial charge in [0, 0.05) is 30.4 Å². The molecule has 0 aliphatic carbocycles. The molecule has 0 spiro atoms. The molecule has 2 heterocycles. The van der Waals surface area contributed by atoms with E-state index in [-0.39, 0.29) is 31.6 Å². The van der Waals surface area contributed by atoms with Gasteiger partial charge in [0.1, 0.15) is 0 Å². The van der Waals surface area contributed by atoms with Crippen LogP contribution in [-0.4, -0.2) is 38.2 Å². The van der Waals surface area contributed by atoms with Crippen LogP contribution in [0.1, 0.15) is 16.8 Å². The Morgan fingerprint density at radius 3 is 2.61 bits per heavy atom. The third kappa shape index (κ3) is 3.36. The first kappa shape index (κ1) is 17.8. The van der Waals surface area contributed by atoms with E-state index in [0.29, 0.717) is 28.4 Å². The summed E-state index contributed by atoms with van der Waals surface area (Å²) in [5.41, 5.74) is 1.62. The maximum atomic E-state index is 12.6.